The Morgan fingerprint density at radius 3 is 2.41 bits per heavy atom. The van der Waals surface area contributed by atoms with Crippen LogP contribution in [0.2, 0.25) is 0 Å². The lowest BCUT2D eigenvalue weighted by atomic mass is 10.1. The number of nitrogens with one attached hydrogen (secondary N) is 1. The molecule has 4 aromatic heterocycles. The van der Waals surface area contributed by atoms with Crippen molar-refractivity contribution in [1.29, 1.82) is 0 Å². The molecule has 0 bridgehead atoms. The van der Waals surface area contributed by atoms with Gasteiger partial charge in [-0.2, -0.15) is 9.88 Å². The fourth-order valence-electron chi connectivity index (χ4n) is 5.18. The normalized spacial score (nSPS) is 29.9. The molecule has 2 aliphatic rings. The molecule has 248 valence electrons. The summed E-state index contributed by atoms with van der Waals surface area (Å²) in [5.74, 6) is -0.224. The number of aromatic amines is 1. The summed E-state index contributed by atoms with van der Waals surface area (Å²) in [4.78, 5) is 54.5. The Hall–Kier alpha value is -3.57. The number of rotatable bonds is 11. The number of aromatic nitrogens is 8. The van der Waals surface area contributed by atoms with E-state index >= 15 is 0 Å². The van der Waals surface area contributed by atoms with Crippen LogP contribution in [0.25, 0.3) is 22.3 Å². The predicted octanol–water partition coefficient (Wildman–Crippen LogP) is -2.79. The number of aliphatic hydroxyl groups excluding tert-OH is 3. The monoisotopic (exact) mass is 689 g/mol. The third-order valence-corrected chi connectivity index (χ3v) is 8.58. The highest BCUT2D eigenvalue weighted by Gasteiger charge is 2.51. The molecule has 2 aliphatic heterocycles. The Kier molecular flexibility index (Phi) is 8.84. The van der Waals surface area contributed by atoms with Crippen molar-refractivity contribution in [2.75, 3.05) is 31.0 Å². The maximum absolute atomic E-state index is 13.2. The van der Waals surface area contributed by atoms with Gasteiger partial charge in [0.2, 0.25) is 5.95 Å². The number of fused-ring (bicyclic) bond motifs is 2. The number of aliphatic hydroxyl groups is 3. The van der Waals surface area contributed by atoms with E-state index in [4.69, 9.17) is 34.7 Å². The van der Waals surface area contributed by atoms with Gasteiger partial charge in [-0.15, -0.1) is 0 Å². The van der Waals surface area contributed by atoms with E-state index in [1.165, 1.54) is 10.9 Å². The number of phosphoric acid groups is 1. The topological polar surface area (TPSA) is 341 Å². The summed E-state index contributed by atoms with van der Waals surface area (Å²) >= 11 is 0. The van der Waals surface area contributed by atoms with Gasteiger partial charge in [0.1, 0.15) is 48.5 Å². The zero-order valence-electron chi connectivity index (χ0n) is 23.2. The number of phosphoric ester groups is 1. The van der Waals surface area contributed by atoms with Gasteiger partial charge in [0, 0.05) is 0 Å². The molecule has 6 rings (SSSR count). The van der Waals surface area contributed by atoms with Crippen molar-refractivity contribution in [2.24, 2.45) is 0 Å². The summed E-state index contributed by atoms with van der Waals surface area (Å²) < 4.78 is 54.3. The van der Waals surface area contributed by atoms with Crippen LogP contribution in [0.3, 0.4) is 0 Å². The third kappa shape index (κ3) is 5.99. The summed E-state index contributed by atoms with van der Waals surface area (Å²) in [6, 6.07) is 0. The van der Waals surface area contributed by atoms with Gasteiger partial charge < -0.3 is 45.9 Å². The summed E-state index contributed by atoms with van der Waals surface area (Å²) in [5, 5.41) is 31.6. The molecule has 10 atom stereocenters. The van der Waals surface area contributed by atoms with Gasteiger partial charge in [0.05, 0.1) is 25.9 Å². The van der Waals surface area contributed by atoms with Crippen molar-refractivity contribution in [3.8, 4) is 0 Å². The van der Waals surface area contributed by atoms with E-state index in [-0.39, 0.29) is 34.1 Å². The molecule has 0 amide bonds. The zero-order valence-corrected chi connectivity index (χ0v) is 24.9. The molecule has 0 radical (unpaired) electrons. The predicted molar refractivity (Wildman–Crippen MR) is 149 cm³/mol. The number of nitrogens with zero attached hydrogens (tertiary/aromatic N) is 7. The summed E-state index contributed by atoms with van der Waals surface area (Å²) in [5.41, 5.74) is 10.9. The van der Waals surface area contributed by atoms with Gasteiger partial charge in [-0.25, -0.2) is 24.5 Å². The quantitative estimate of drug-likeness (QED) is 0.0738. The molecule has 23 nitrogen and oxygen atoms in total. The van der Waals surface area contributed by atoms with E-state index in [2.05, 4.69) is 29.9 Å². The van der Waals surface area contributed by atoms with Crippen molar-refractivity contribution in [1.82, 2.24) is 39.0 Å². The molecular formula is C21H27N10O13P2+. The van der Waals surface area contributed by atoms with Gasteiger partial charge in [0.15, 0.2) is 35.1 Å². The van der Waals surface area contributed by atoms with Crippen molar-refractivity contribution < 1.29 is 57.5 Å². The number of nitrogen functional groups attached to an aromatic ring is 2. The minimum atomic E-state index is -5.15. The van der Waals surface area contributed by atoms with Crippen LogP contribution in [0.4, 0.5) is 11.8 Å². The highest BCUT2D eigenvalue weighted by atomic mass is 31.2. The van der Waals surface area contributed by atoms with Crippen LogP contribution in [0.1, 0.15) is 12.5 Å². The van der Waals surface area contributed by atoms with Crippen LogP contribution in [-0.4, -0.2) is 120 Å². The second-order valence-corrected chi connectivity index (χ2v) is 12.5. The second-order valence-electron chi connectivity index (χ2n) is 10.1. The summed E-state index contributed by atoms with van der Waals surface area (Å²) in [6.07, 6.45) is -8.85. The molecule has 0 saturated carbocycles. The number of ether oxygens (including phenoxy) is 3. The molecule has 0 aliphatic carbocycles. The number of anilines is 2. The molecule has 6 heterocycles. The van der Waals surface area contributed by atoms with Crippen LogP contribution in [0.15, 0.2) is 23.8 Å². The Morgan fingerprint density at radius 2 is 1.70 bits per heavy atom. The molecule has 2 saturated heterocycles. The first-order valence-corrected chi connectivity index (χ1v) is 16.1. The highest BCUT2D eigenvalue weighted by Crippen LogP contribution is 2.50. The van der Waals surface area contributed by atoms with Crippen molar-refractivity contribution in [3.05, 3.63) is 29.3 Å². The number of hydrogen-bond acceptors (Lipinski definition) is 18. The molecule has 2 fully saturated rings. The summed E-state index contributed by atoms with van der Waals surface area (Å²) in [6.45, 7) is -1.51. The number of imidazole rings is 2. The average Bonchev–Trinajstić information content (AvgIpc) is 3.76. The molecule has 4 unspecified atom stereocenters. The Balaban J connectivity index is 1.22. The van der Waals surface area contributed by atoms with Crippen LogP contribution in [0.5, 0.6) is 0 Å². The number of H-pyrrole nitrogens is 1. The van der Waals surface area contributed by atoms with Crippen LogP contribution < -0.4 is 17.0 Å². The zero-order chi connectivity index (χ0) is 32.9. The molecule has 4 aromatic rings. The summed E-state index contributed by atoms with van der Waals surface area (Å²) in [7, 11) is -7.95. The lowest BCUT2D eigenvalue weighted by molar-refractivity contribution is -0.0649. The second kappa shape index (κ2) is 12.6. The Morgan fingerprint density at radius 1 is 1.00 bits per heavy atom. The molecule has 0 aromatic carbocycles. The first-order valence-electron chi connectivity index (χ1n) is 13.2. The SMILES string of the molecule is Nc1nc2c(ncn2[C@@H]2O[C@H](CO)[C@H](O)[C@@H]2OP(=O)(O)OC[C@H]2O[C@@H](n3cnc4c(N)ncnc43)C(O)C2OC[P+](=O)O)c(=O)[nH]1. The van der Waals surface area contributed by atoms with Gasteiger partial charge in [-0.1, -0.05) is 0 Å². The fourth-order valence-corrected chi connectivity index (χ4v) is 6.42. The molecule has 0 spiro atoms. The smallest absolute Gasteiger partial charge is 0.394 e. The fraction of sp³-hybridized carbons (Fsp3) is 0.524. The maximum Gasteiger partial charge on any atom is 0.534 e. The standard InChI is InChI=1S/C21H26N10O13P2/c22-15-9-16(25-3-24-15)30(4-26-9)19-12(34)13(40-6-45(36)37)8(43-19)2-41-46(38,39)44-14-11(33)7(1-32)42-20(14)31-5-27-10-17(31)28-21(23)29-18(10)35/h3-5,7-8,11-14,19-20,32-34H,1-2,6H2,(H6-,22,23,24,25,28,29,35,36,37,38,39)/p+1/t7-,8-,11+,12?,13?,14+,19-,20-/m1/s1. The lowest BCUT2D eigenvalue weighted by Crippen LogP contribution is -2.37. The van der Waals surface area contributed by atoms with Gasteiger partial charge in [-0.3, -0.25) is 28.0 Å². The van der Waals surface area contributed by atoms with Crippen molar-refractivity contribution in [2.45, 2.75) is 49.1 Å². The molecule has 46 heavy (non-hydrogen) atoms. The first kappa shape index (κ1) is 32.4. The number of nitrogens with two attached hydrogens (primary N) is 2. The largest absolute Gasteiger partial charge is 0.534 e. The van der Waals surface area contributed by atoms with Crippen molar-refractivity contribution in [3.63, 3.8) is 0 Å². The van der Waals surface area contributed by atoms with Crippen LogP contribution in [-0.2, 0) is 32.4 Å². The van der Waals surface area contributed by atoms with Gasteiger partial charge in [-0.05, 0) is 4.57 Å². The van der Waals surface area contributed by atoms with Crippen LogP contribution >= 0.6 is 15.9 Å². The van der Waals surface area contributed by atoms with E-state index in [1.54, 1.807) is 0 Å². The molecule has 10 N–H and O–H groups in total. The molecular weight excluding hydrogens is 662 g/mol. The van der Waals surface area contributed by atoms with E-state index in [1.807, 2.05) is 0 Å². The lowest BCUT2D eigenvalue weighted by Gasteiger charge is -2.25. The van der Waals surface area contributed by atoms with Gasteiger partial charge >= 0.3 is 15.9 Å². The van der Waals surface area contributed by atoms with E-state index < -0.39 is 90.1 Å². The Labute approximate surface area is 256 Å². The minimum absolute atomic E-state index is 0.0501. The first-order chi connectivity index (χ1) is 21.9. The van der Waals surface area contributed by atoms with E-state index in [9.17, 15) is 39.0 Å². The Bertz CT molecular complexity index is 1870. The minimum Gasteiger partial charge on any atom is -0.394 e. The third-order valence-electron chi connectivity index (χ3n) is 7.22. The average molecular weight is 689 g/mol. The van der Waals surface area contributed by atoms with Crippen molar-refractivity contribution >= 4 is 49.9 Å². The maximum atomic E-state index is 13.2. The molecule has 25 heteroatoms. The number of hydrogen-bond donors (Lipinski definition) is 8. The van der Waals surface area contributed by atoms with E-state index in [0.717, 1.165) is 17.2 Å². The van der Waals surface area contributed by atoms with E-state index in [0.29, 0.717) is 0 Å². The van der Waals surface area contributed by atoms with Crippen LogP contribution in [0, 0.1) is 0 Å². The van der Waals surface area contributed by atoms with Gasteiger partial charge in [0.25, 0.3) is 11.9 Å². The highest BCUT2D eigenvalue weighted by molar-refractivity contribution is 7.47.